The van der Waals surface area contributed by atoms with Crippen molar-refractivity contribution in [3.63, 3.8) is 0 Å². The summed E-state index contributed by atoms with van der Waals surface area (Å²) in [5.41, 5.74) is 1.57. The molecule has 1 heterocycles. The minimum Gasteiger partial charge on any atom is -0.405 e. The van der Waals surface area contributed by atoms with E-state index in [-0.39, 0.29) is 16.3 Å². The Labute approximate surface area is 132 Å². The second kappa shape index (κ2) is 6.23. The van der Waals surface area contributed by atoms with Crippen molar-refractivity contribution in [3.8, 4) is 5.75 Å². The Morgan fingerprint density at radius 1 is 1.38 bits per heavy atom. The highest BCUT2D eigenvalue weighted by Crippen LogP contribution is 2.33. The number of rotatable bonds is 4. The number of alkyl halides is 3. The van der Waals surface area contributed by atoms with E-state index < -0.39 is 6.36 Å². The first kappa shape index (κ1) is 16.1. The number of thiazole rings is 1. The van der Waals surface area contributed by atoms with Crippen LogP contribution in [0.1, 0.15) is 23.7 Å². The van der Waals surface area contributed by atoms with Crippen molar-refractivity contribution >= 4 is 33.0 Å². The molecule has 1 aromatic carbocycles. The molecule has 8 heteroatoms. The maximum atomic E-state index is 12.2. The van der Waals surface area contributed by atoms with Gasteiger partial charge in [-0.2, -0.15) is 0 Å². The van der Waals surface area contributed by atoms with Gasteiger partial charge in [-0.05, 0) is 48.0 Å². The number of hydrogen-bond donors (Lipinski definition) is 1. The number of nitrogens with zero attached hydrogens (tertiary/aromatic N) is 1. The molecule has 2 rings (SSSR count). The first-order valence-electron chi connectivity index (χ1n) is 5.98. The lowest BCUT2D eigenvalue weighted by molar-refractivity contribution is -0.274. The summed E-state index contributed by atoms with van der Waals surface area (Å²) >= 11 is 4.62. The monoisotopic (exact) mass is 380 g/mol. The van der Waals surface area contributed by atoms with Crippen LogP contribution in [-0.4, -0.2) is 11.3 Å². The number of benzene rings is 1. The van der Waals surface area contributed by atoms with Crippen LogP contribution >= 0.6 is 27.3 Å². The third kappa shape index (κ3) is 4.60. The average molecular weight is 381 g/mol. The molecule has 21 heavy (non-hydrogen) atoms. The Morgan fingerprint density at radius 3 is 2.62 bits per heavy atom. The molecule has 0 spiro atoms. The van der Waals surface area contributed by atoms with Gasteiger partial charge in [-0.1, -0.05) is 0 Å². The standard InChI is InChI=1S/C13H12BrF3N2OS/c1-7(11-6-21-8(2)19-11)18-9-3-4-12(10(14)5-9)20-13(15,16)17/h3-7,18H,1-2H3. The lowest BCUT2D eigenvalue weighted by Gasteiger charge is -2.15. The zero-order valence-electron chi connectivity index (χ0n) is 11.2. The summed E-state index contributed by atoms with van der Waals surface area (Å²) in [7, 11) is 0. The molecule has 1 aromatic heterocycles. The molecule has 0 fully saturated rings. The molecule has 3 nitrogen and oxygen atoms in total. The fraction of sp³-hybridized carbons (Fsp3) is 0.308. The Kier molecular flexibility index (Phi) is 4.77. The van der Waals surface area contributed by atoms with Gasteiger partial charge in [-0.3, -0.25) is 0 Å². The number of anilines is 1. The normalized spacial score (nSPS) is 13.0. The van der Waals surface area contributed by atoms with Crippen molar-refractivity contribution in [2.45, 2.75) is 26.3 Å². The summed E-state index contributed by atoms with van der Waals surface area (Å²) in [6, 6.07) is 4.29. The Bertz CT molecular complexity index is 630. The van der Waals surface area contributed by atoms with Crippen LogP contribution in [0.3, 0.4) is 0 Å². The van der Waals surface area contributed by atoms with Crippen molar-refractivity contribution in [1.29, 1.82) is 0 Å². The number of hydrogen-bond acceptors (Lipinski definition) is 4. The number of aryl methyl sites for hydroxylation is 1. The fourth-order valence-electron chi connectivity index (χ4n) is 1.70. The van der Waals surface area contributed by atoms with Crippen LogP contribution in [0.25, 0.3) is 0 Å². The predicted molar refractivity (Wildman–Crippen MR) is 79.7 cm³/mol. The molecule has 0 aliphatic carbocycles. The van der Waals surface area contributed by atoms with Gasteiger partial charge in [0.15, 0.2) is 0 Å². The van der Waals surface area contributed by atoms with Crippen molar-refractivity contribution in [2.24, 2.45) is 0 Å². The average Bonchev–Trinajstić information content (AvgIpc) is 2.78. The SMILES string of the molecule is Cc1nc(C(C)Nc2ccc(OC(F)(F)F)c(Br)c2)cs1. The Morgan fingerprint density at radius 2 is 2.10 bits per heavy atom. The van der Waals surface area contributed by atoms with E-state index in [0.717, 1.165) is 10.7 Å². The quantitative estimate of drug-likeness (QED) is 0.782. The Balaban J connectivity index is 2.10. The molecular weight excluding hydrogens is 369 g/mol. The molecule has 0 bridgehead atoms. The summed E-state index contributed by atoms with van der Waals surface area (Å²) < 4.78 is 40.7. The van der Waals surface area contributed by atoms with Crippen molar-refractivity contribution in [2.75, 3.05) is 5.32 Å². The van der Waals surface area contributed by atoms with Gasteiger partial charge in [-0.25, -0.2) is 4.98 Å². The zero-order valence-corrected chi connectivity index (χ0v) is 13.6. The molecule has 1 unspecified atom stereocenters. The zero-order chi connectivity index (χ0) is 15.6. The first-order chi connectivity index (χ1) is 9.74. The third-order valence-electron chi connectivity index (χ3n) is 2.62. The van der Waals surface area contributed by atoms with Crippen LogP contribution < -0.4 is 10.1 Å². The number of nitrogens with one attached hydrogen (secondary N) is 1. The van der Waals surface area contributed by atoms with Crippen LogP contribution in [0, 0.1) is 6.92 Å². The second-order valence-electron chi connectivity index (χ2n) is 4.35. The van der Waals surface area contributed by atoms with Gasteiger partial charge in [0.2, 0.25) is 0 Å². The highest BCUT2D eigenvalue weighted by atomic mass is 79.9. The summed E-state index contributed by atoms with van der Waals surface area (Å²) in [6.07, 6.45) is -4.71. The summed E-state index contributed by atoms with van der Waals surface area (Å²) in [6.45, 7) is 3.85. The van der Waals surface area contributed by atoms with Gasteiger partial charge in [0, 0.05) is 11.1 Å². The maximum absolute atomic E-state index is 12.2. The molecule has 0 amide bonds. The van der Waals surface area contributed by atoms with E-state index in [1.165, 1.54) is 18.2 Å². The predicted octanol–water partition coefficient (Wildman–Crippen LogP) is 5.29. The smallest absolute Gasteiger partial charge is 0.405 e. The van der Waals surface area contributed by atoms with Gasteiger partial charge in [0.25, 0.3) is 0 Å². The van der Waals surface area contributed by atoms with Crippen molar-refractivity contribution in [3.05, 3.63) is 38.8 Å². The van der Waals surface area contributed by atoms with Gasteiger partial charge in [0.05, 0.1) is 21.2 Å². The third-order valence-corrected chi connectivity index (χ3v) is 4.03. The van der Waals surface area contributed by atoms with Gasteiger partial charge in [0.1, 0.15) is 5.75 Å². The topological polar surface area (TPSA) is 34.2 Å². The van der Waals surface area contributed by atoms with Crippen LogP contribution in [0.2, 0.25) is 0 Å². The van der Waals surface area contributed by atoms with Crippen LogP contribution in [-0.2, 0) is 0 Å². The Hall–Kier alpha value is -1.28. The van der Waals surface area contributed by atoms with Crippen LogP contribution in [0.15, 0.2) is 28.1 Å². The number of aromatic nitrogens is 1. The molecular formula is C13H12BrF3N2OS. The fourth-order valence-corrected chi connectivity index (χ4v) is 2.87. The van der Waals surface area contributed by atoms with E-state index in [1.807, 2.05) is 19.2 Å². The maximum Gasteiger partial charge on any atom is 0.573 e. The van der Waals surface area contributed by atoms with Crippen molar-refractivity contribution in [1.82, 2.24) is 4.98 Å². The number of ether oxygens (including phenoxy) is 1. The summed E-state index contributed by atoms with van der Waals surface area (Å²) in [4.78, 5) is 4.37. The summed E-state index contributed by atoms with van der Waals surface area (Å²) in [5, 5.41) is 6.09. The molecule has 114 valence electrons. The minimum atomic E-state index is -4.71. The largest absolute Gasteiger partial charge is 0.573 e. The van der Waals surface area contributed by atoms with E-state index in [9.17, 15) is 13.2 Å². The minimum absolute atomic E-state index is 0.0452. The summed E-state index contributed by atoms with van der Waals surface area (Å²) in [5.74, 6) is -0.273. The van der Waals surface area contributed by atoms with E-state index in [2.05, 4.69) is 31.0 Å². The van der Waals surface area contributed by atoms with Gasteiger partial charge >= 0.3 is 6.36 Å². The van der Waals surface area contributed by atoms with E-state index >= 15 is 0 Å². The first-order valence-corrected chi connectivity index (χ1v) is 7.66. The van der Waals surface area contributed by atoms with Crippen molar-refractivity contribution < 1.29 is 17.9 Å². The number of halogens is 4. The lowest BCUT2D eigenvalue weighted by atomic mass is 10.2. The van der Waals surface area contributed by atoms with Gasteiger partial charge < -0.3 is 10.1 Å². The molecule has 1 N–H and O–H groups in total. The van der Waals surface area contributed by atoms with Crippen LogP contribution in [0.4, 0.5) is 18.9 Å². The van der Waals surface area contributed by atoms with E-state index in [4.69, 9.17) is 0 Å². The highest BCUT2D eigenvalue weighted by Gasteiger charge is 2.31. The second-order valence-corrected chi connectivity index (χ2v) is 6.27. The molecule has 0 saturated heterocycles. The lowest BCUT2D eigenvalue weighted by Crippen LogP contribution is -2.17. The molecule has 0 radical (unpaired) electrons. The molecule has 0 aliphatic rings. The van der Waals surface area contributed by atoms with E-state index in [0.29, 0.717) is 5.69 Å². The van der Waals surface area contributed by atoms with Gasteiger partial charge in [-0.15, -0.1) is 24.5 Å². The van der Waals surface area contributed by atoms with Crippen LogP contribution in [0.5, 0.6) is 5.75 Å². The molecule has 0 aliphatic heterocycles. The molecule has 0 saturated carbocycles. The highest BCUT2D eigenvalue weighted by molar-refractivity contribution is 9.10. The molecule has 2 aromatic rings. The molecule has 1 atom stereocenters. The van der Waals surface area contributed by atoms with E-state index in [1.54, 1.807) is 11.3 Å².